The van der Waals surface area contributed by atoms with Gasteiger partial charge in [-0.1, -0.05) is 30.2 Å². The summed E-state index contributed by atoms with van der Waals surface area (Å²) < 4.78 is 0. The van der Waals surface area contributed by atoms with Gasteiger partial charge in [0.05, 0.1) is 0 Å². The first-order chi connectivity index (χ1) is 7.33. The van der Waals surface area contributed by atoms with Gasteiger partial charge in [-0.2, -0.15) is 11.8 Å². The van der Waals surface area contributed by atoms with Crippen LogP contribution >= 0.6 is 23.4 Å². The van der Waals surface area contributed by atoms with Gasteiger partial charge in [0, 0.05) is 17.4 Å². The summed E-state index contributed by atoms with van der Waals surface area (Å²) in [5.41, 5.74) is 1.33. The van der Waals surface area contributed by atoms with E-state index in [1.165, 1.54) is 17.7 Å². The molecule has 0 atom stereocenters. The molecule has 1 aromatic rings. The maximum absolute atomic E-state index is 8.61. The predicted octanol–water partition coefficient (Wildman–Crippen LogP) is 3.74. The van der Waals surface area contributed by atoms with E-state index in [4.69, 9.17) is 16.7 Å². The van der Waals surface area contributed by atoms with Crippen molar-refractivity contribution < 1.29 is 5.11 Å². The van der Waals surface area contributed by atoms with Gasteiger partial charge in [-0.3, -0.25) is 0 Å². The first kappa shape index (κ1) is 12.9. The summed E-state index contributed by atoms with van der Waals surface area (Å²) in [6, 6.07) is 8.01. The second-order valence-corrected chi connectivity index (χ2v) is 5.00. The van der Waals surface area contributed by atoms with Crippen molar-refractivity contribution in [2.75, 3.05) is 12.4 Å². The number of thioether (sulfide) groups is 1. The average molecular weight is 245 g/mol. The van der Waals surface area contributed by atoms with Gasteiger partial charge >= 0.3 is 0 Å². The van der Waals surface area contributed by atoms with Gasteiger partial charge in [0.1, 0.15) is 0 Å². The van der Waals surface area contributed by atoms with E-state index in [1.54, 1.807) is 0 Å². The highest BCUT2D eigenvalue weighted by molar-refractivity contribution is 7.98. The Kier molecular flexibility index (Phi) is 6.90. The quantitative estimate of drug-likeness (QED) is 0.738. The van der Waals surface area contributed by atoms with Crippen molar-refractivity contribution >= 4 is 23.4 Å². The van der Waals surface area contributed by atoms with Crippen LogP contribution in [0.25, 0.3) is 0 Å². The molecule has 0 aliphatic carbocycles. The molecular formula is C12H17ClOS. The summed E-state index contributed by atoms with van der Waals surface area (Å²) in [5.74, 6) is 2.22. The Morgan fingerprint density at radius 2 is 1.80 bits per heavy atom. The van der Waals surface area contributed by atoms with Crippen LogP contribution in [0.5, 0.6) is 0 Å². The lowest BCUT2D eigenvalue weighted by Crippen LogP contribution is -1.86. The van der Waals surface area contributed by atoms with Crippen molar-refractivity contribution in [2.24, 2.45) is 0 Å². The summed E-state index contributed by atoms with van der Waals surface area (Å²) in [6.45, 7) is 0.321. The number of halogens is 1. The number of hydrogen-bond donors (Lipinski definition) is 1. The summed E-state index contributed by atoms with van der Waals surface area (Å²) in [7, 11) is 0. The number of rotatable bonds is 7. The number of benzene rings is 1. The third kappa shape index (κ3) is 6.08. The smallest absolute Gasteiger partial charge is 0.0431 e. The number of hydrogen-bond acceptors (Lipinski definition) is 2. The van der Waals surface area contributed by atoms with Crippen LogP contribution in [0.1, 0.15) is 24.8 Å². The van der Waals surface area contributed by atoms with Gasteiger partial charge in [0.25, 0.3) is 0 Å². The van der Waals surface area contributed by atoms with Crippen LogP contribution in [0.15, 0.2) is 24.3 Å². The van der Waals surface area contributed by atoms with E-state index < -0.39 is 0 Å². The summed E-state index contributed by atoms with van der Waals surface area (Å²) in [6.07, 6.45) is 3.25. The molecule has 3 heteroatoms. The molecule has 0 bridgehead atoms. The van der Waals surface area contributed by atoms with E-state index in [0.717, 1.165) is 23.6 Å². The van der Waals surface area contributed by atoms with Gasteiger partial charge in [0.15, 0.2) is 0 Å². The van der Waals surface area contributed by atoms with E-state index in [2.05, 4.69) is 12.1 Å². The van der Waals surface area contributed by atoms with Gasteiger partial charge in [-0.25, -0.2) is 0 Å². The largest absolute Gasteiger partial charge is 0.396 e. The minimum atomic E-state index is 0.321. The summed E-state index contributed by atoms with van der Waals surface area (Å²) in [4.78, 5) is 0. The molecule has 1 aromatic carbocycles. The van der Waals surface area contributed by atoms with Crippen molar-refractivity contribution in [3.63, 3.8) is 0 Å². The molecule has 0 radical (unpaired) electrons. The fraction of sp³-hybridized carbons (Fsp3) is 0.500. The lowest BCUT2D eigenvalue weighted by Gasteiger charge is -2.01. The highest BCUT2D eigenvalue weighted by atomic mass is 35.5. The van der Waals surface area contributed by atoms with Crippen molar-refractivity contribution in [1.29, 1.82) is 0 Å². The molecule has 1 rings (SSSR count). The Morgan fingerprint density at radius 3 is 2.47 bits per heavy atom. The van der Waals surface area contributed by atoms with Gasteiger partial charge in [-0.05, 0) is 36.3 Å². The van der Waals surface area contributed by atoms with Gasteiger partial charge < -0.3 is 5.11 Å². The Bertz CT molecular complexity index is 261. The molecule has 0 saturated heterocycles. The zero-order chi connectivity index (χ0) is 10.9. The van der Waals surface area contributed by atoms with Crippen LogP contribution in [-0.2, 0) is 5.75 Å². The van der Waals surface area contributed by atoms with Crippen LogP contribution in [0, 0.1) is 0 Å². The standard InChI is InChI=1S/C12H17ClOS/c13-12-6-4-11(5-7-12)10-15-9-3-1-2-8-14/h4-7,14H,1-3,8-10H2. The fourth-order valence-electron chi connectivity index (χ4n) is 1.26. The number of aliphatic hydroxyl groups is 1. The first-order valence-electron chi connectivity index (χ1n) is 5.26. The Labute approximate surface area is 101 Å². The molecule has 0 saturated carbocycles. The summed E-state index contributed by atoms with van der Waals surface area (Å²) in [5, 5.41) is 9.41. The van der Waals surface area contributed by atoms with Crippen molar-refractivity contribution in [2.45, 2.75) is 25.0 Å². The van der Waals surface area contributed by atoms with Crippen molar-refractivity contribution in [3.8, 4) is 0 Å². The third-order valence-electron chi connectivity index (χ3n) is 2.13. The molecule has 1 N–H and O–H groups in total. The number of aliphatic hydroxyl groups excluding tert-OH is 1. The minimum Gasteiger partial charge on any atom is -0.396 e. The van der Waals surface area contributed by atoms with Crippen LogP contribution in [0.2, 0.25) is 5.02 Å². The molecule has 1 nitrogen and oxygen atoms in total. The van der Waals surface area contributed by atoms with Gasteiger partial charge in [0.2, 0.25) is 0 Å². The Morgan fingerprint density at radius 1 is 1.07 bits per heavy atom. The second kappa shape index (κ2) is 8.03. The fourth-order valence-corrected chi connectivity index (χ4v) is 2.37. The molecule has 0 amide bonds. The molecule has 0 aliphatic heterocycles. The molecule has 0 heterocycles. The zero-order valence-electron chi connectivity index (χ0n) is 8.79. The van der Waals surface area contributed by atoms with Crippen LogP contribution in [-0.4, -0.2) is 17.5 Å². The highest BCUT2D eigenvalue weighted by Crippen LogP contribution is 2.16. The molecule has 84 valence electrons. The molecule has 0 unspecified atom stereocenters. The zero-order valence-corrected chi connectivity index (χ0v) is 10.4. The van der Waals surface area contributed by atoms with E-state index in [0.29, 0.717) is 6.61 Å². The SMILES string of the molecule is OCCCCCSCc1ccc(Cl)cc1. The van der Waals surface area contributed by atoms with Crippen LogP contribution in [0.4, 0.5) is 0 Å². The van der Waals surface area contributed by atoms with E-state index >= 15 is 0 Å². The van der Waals surface area contributed by atoms with Gasteiger partial charge in [-0.15, -0.1) is 0 Å². The van der Waals surface area contributed by atoms with Crippen LogP contribution < -0.4 is 0 Å². The second-order valence-electron chi connectivity index (χ2n) is 3.46. The Hall–Kier alpha value is -0.180. The van der Waals surface area contributed by atoms with E-state index in [9.17, 15) is 0 Å². The molecule has 0 fully saturated rings. The Balaban J connectivity index is 2.07. The molecule has 0 spiro atoms. The topological polar surface area (TPSA) is 20.2 Å². The van der Waals surface area contributed by atoms with Crippen molar-refractivity contribution in [1.82, 2.24) is 0 Å². The lowest BCUT2D eigenvalue weighted by atomic mass is 10.2. The summed E-state index contributed by atoms with van der Waals surface area (Å²) >= 11 is 7.74. The molecule has 15 heavy (non-hydrogen) atoms. The minimum absolute atomic E-state index is 0.321. The predicted molar refractivity (Wildman–Crippen MR) is 68.6 cm³/mol. The van der Waals surface area contributed by atoms with Crippen molar-refractivity contribution in [3.05, 3.63) is 34.9 Å². The monoisotopic (exact) mass is 244 g/mol. The maximum Gasteiger partial charge on any atom is 0.0431 e. The lowest BCUT2D eigenvalue weighted by molar-refractivity contribution is 0.284. The maximum atomic E-state index is 8.61. The normalized spacial score (nSPS) is 10.5. The first-order valence-corrected chi connectivity index (χ1v) is 6.79. The van der Waals surface area contributed by atoms with Crippen LogP contribution in [0.3, 0.4) is 0 Å². The molecular weight excluding hydrogens is 228 g/mol. The highest BCUT2D eigenvalue weighted by Gasteiger charge is 1.94. The molecule has 0 aliphatic rings. The number of unbranched alkanes of at least 4 members (excludes halogenated alkanes) is 2. The third-order valence-corrected chi connectivity index (χ3v) is 3.50. The molecule has 0 aromatic heterocycles. The average Bonchev–Trinajstić information content (AvgIpc) is 2.26. The van der Waals surface area contributed by atoms with E-state index in [-0.39, 0.29) is 0 Å². The van der Waals surface area contributed by atoms with E-state index in [1.807, 2.05) is 23.9 Å².